The molecule has 1 aromatic rings. The monoisotopic (exact) mass is 520 g/mol. The fourth-order valence-electron chi connectivity index (χ4n) is 4.54. The van der Waals surface area contributed by atoms with E-state index in [1.807, 2.05) is 36.1 Å². The van der Waals surface area contributed by atoms with Crippen LogP contribution < -0.4 is 16.0 Å². The number of piperidine rings is 1. The number of amides is 3. The zero-order chi connectivity index (χ0) is 22.8. The van der Waals surface area contributed by atoms with Gasteiger partial charge in [-0.2, -0.15) is 0 Å². The quantitative estimate of drug-likeness (QED) is 0.622. The molecule has 2 atom stereocenters. The number of benzene rings is 1. The van der Waals surface area contributed by atoms with Crippen LogP contribution in [0.4, 0.5) is 5.69 Å². The molecule has 172 valence electrons. The molecule has 0 spiro atoms. The Morgan fingerprint density at radius 3 is 2.66 bits per heavy atom. The van der Waals surface area contributed by atoms with E-state index in [0.717, 1.165) is 41.0 Å². The van der Waals surface area contributed by atoms with E-state index < -0.39 is 0 Å². The Labute approximate surface area is 201 Å². The number of thioether (sulfide) groups is 1. The molecule has 3 N–H and O–H groups in total. The lowest BCUT2D eigenvalue weighted by atomic mass is 9.96. The summed E-state index contributed by atoms with van der Waals surface area (Å²) in [6, 6.07) is 5.35. The molecule has 2 fully saturated rings. The number of anilines is 1. The number of hydrogen-bond donors (Lipinski definition) is 2. The van der Waals surface area contributed by atoms with Crippen molar-refractivity contribution in [1.29, 1.82) is 0 Å². The number of nitrogens with one attached hydrogen (secondary N) is 1. The molecular weight excluding hydrogens is 492 g/mol. The summed E-state index contributed by atoms with van der Waals surface area (Å²) in [6.07, 6.45) is 4.86. The van der Waals surface area contributed by atoms with Gasteiger partial charge in [0.2, 0.25) is 11.8 Å². The van der Waals surface area contributed by atoms with Crippen LogP contribution in [0.15, 0.2) is 28.1 Å². The largest absolute Gasteiger partial charge is 0.350 e. The molecule has 2 saturated heterocycles. The molecule has 0 aromatic heterocycles. The summed E-state index contributed by atoms with van der Waals surface area (Å²) in [7, 11) is 0. The zero-order valence-electron chi connectivity index (χ0n) is 18.2. The van der Waals surface area contributed by atoms with Gasteiger partial charge in [0.1, 0.15) is 0 Å². The molecule has 0 radical (unpaired) electrons. The SMILES string of the molecule is Cc1cc(N2CC(NC(=O)C3CC=C(Br)S3)CC2=O)ccc1C(=O)N1CCC(CN)CC1. The van der Waals surface area contributed by atoms with E-state index in [0.29, 0.717) is 31.0 Å². The number of allylic oxidation sites excluding steroid dienone is 1. The zero-order valence-corrected chi connectivity index (χ0v) is 20.6. The fourth-order valence-corrected chi connectivity index (χ4v) is 6.23. The molecule has 3 heterocycles. The van der Waals surface area contributed by atoms with Crippen molar-refractivity contribution in [2.24, 2.45) is 11.7 Å². The number of halogens is 1. The molecule has 0 aliphatic carbocycles. The van der Waals surface area contributed by atoms with E-state index in [-0.39, 0.29) is 35.4 Å². The van der Waals surface area contributed by atoms with Crippen molar-refractivity contribution >= 4 is 51.1 Å². The Bertz CT molecular complexity index is 945. The van der Waals surface area contributed by atoms with Crippen LogP contribution in [0.25, 0.3) is 0 Å². The number of likely N-dealkylation sites (tertiary alicyclic amines) is 1. The molecule has 1 aromatic carbocycles. The molecule has 9 heteroatoms. The molecule has 7 nitrogen and oxygen atoms in total. The Morgan fingerprint density at radius 2 is 2.03 bits per heavy atom. The Morgan fingerprint density at radius 1 is 1.28 bits per heavy atom. The van der Waals surface area contributed by atoms with Crippen molar-refractivity contribution in [3.8, 4) is 0 Å². The van der Waals surface area contributed by atoms with E-state index in [1.165, 1.54) is 11.8 Å². The third-order valence-electron chi connectivity index (χ3n) is 6.50. The van der Waals surface area contributed by atoms with Crippen LogP contribution in [-0.2, 0) is 9.59 Å². The van der Waals surface area contributed by atoms with Crippen LogP contribution in [0.2, 0.25) is 0 Å². The number of rotatable bonds is 5. The van der Waals surface area contributed by atoms with E-state index in [1.54, 1.807) is 4.90 Å². The first kappa shape index (κ1) is 23.3. The van der Waals surface area contributed by atoms with E-state index in [9.17, 15) is 14.4 Å². The van der Waals surface area contributed by atoms with Gasteiger partial charge in [0.25, 0.3) is 5.91 Å². The highest BCUT2D eigenvalue weighted by Gasteiger charge is 2.34. The van der Waals surface area contributed by atoms with Gasteiger partial charge in [-0.25, -0.2) is 0 Å². The first-order valence-corrected chi connectivity index (χ1v) is 12.8. The summed E-state index contributed by atoms with van der Waals surface area (Å²) in [4.78, 5) is 41.7. The maximum atomic E-state index is 13.0. The third kappa shape index (κ3) is 5.05. The lowest BCUT2D eigenvalue weighted by molar-refractivity contribution is -0.121. The minimum atomic E-state index is -0.208. The summed E-state index contributed by atoms with van der Waals surface area (Å²) >= 11 is 4.91. The van der Waals surface area contributed by atoms with Crippen molar-refractivity contribution in [3.05, 3.63) is 39.2 Å². The summed E-state index contributed by atoms with van der Waals surface area (Å²) < 4.78 is 0.982. The number of carbonyl (C=O) groups excluding carboxylic acids is 3. The molecule has 0 bridgehead atoms. The smallest absolute Gasteiger partial charge is 0.254 e. The summed E-state index contributed by atoms with van der Waals surface area (Å²) in [5, 5.41) is 2.88. The Balaban J connectivity index is 1.38. The topological polar surface area (TPSA) is 95.7 Å². The predicted molar refractivity (Wildman–Crippen MR) is 131 cm³/mol. The minimum Gasteiger partial charge on any atom is -0.350 e. The second-order valence-corrected chi connectivity index (χ2v) is 11.4. The number of aryl methyl sites for hydroxylation is 1. The molecule has 2 unspecified atom stereocenters. The van der Waals surface area contributed by atoms with E-state index in [2.05, 4.69) is 21.2 Å². The Hall–Kier alpha value is -1.84. The normalized spacial score (nSPS) is 24.1. The van der Waals surface area contributed by atoms with Gasteiger partial charge in [0.05, 0.1) is 11.3 Å². The van der Waals surface area contributed by atoms with Crippen LogP contribution in [0, 0.1) is 12.8 Å². The molecule has 4 rings (SSSR count). The Kier molecular flexibility index (Phi) is 7.27. The van der Waals surface area contributed by atoms with Crippen LogP contribution in [0.1, 0.15) is 41.6 Å². The number of nitrogens with zero attached hydrogens (tertiary/aromatic N) is 2. The molecule has 3 aliphatic heterocycles. The van der Waals surface area contributed by atoms with Gasteiger partial charge in [-0.05, 0) is 78.3 Å². The lowest BCUT2D eigenvalue weighted by Crippen LogP contribution is -2.41. The standard InChI is InChI=1S/C23H29BrN4O3S/c1-14-10-17(2-3-18(14)23(31)27-8-6-15(12-25)7-9-27)28-13-16(11-21(28)29)26-22(30)19-4-5-20(24)32-19/h2-3,5,10,15-16,19H,4,6-9,11-13,25H2,1H3,(H,26,30). The van der Waals surface area contributed by atoms with E-state index in [4.69, 9.17) is 5.73 Å². The second-order valence-electron chi connectivity index (χ2n) is 8.73. The molecular formula is C23H29BrN4O3S. The van der Waals surface area contributed by atoms with Crippen LogP contribution in [0.5, 0.6) is 0 Å². The van der Waals surface area contributed by atoms with Gasteiger partial charge in [-0.15, -0.1) is 11.8 Å². The van der Waals surface area contributed by atoms with Gasteiger partial charge < -0.3 is 20.9 Å². The van der Waals surface area contributed by atoms with Gasteiger partial charge in [0, 0.05) is 41.1 Å². The molecule has 0 saturated carbocycles. The third-order valence-corrected chi connectivity index (χ3v) is 8.47. The highest BCUT2D eigenvalue weighted by Crippen LogP contribution is 2.36. The van der Waals surface area contributed by atoms with Crippen molar-refractivity contribution < 1.29 is 14.4 Å². The van der Waals surface area contributed by atoms with E-state index >= 15 is 0 Å². The highest BCUT2D eigenvalue weighted by atomic mass is 79.9. The second kappa shape index (κ2) is 9.97. The molecule has 3 aliphatic rings. The minimum absolute atomic E-state index is 0.0176. The van der Waals surface area contributed by atoms with Crippen molar-refractivity contribution in [2.75, 3.05) is 31.1 Å². The average molecular weight is 521 g/mol. The average Bonchev–Trinajstić information content (AvgIpc) is 3.38. The van der Waals surface area contributed by atoms with Crippen molar-refractivity contribution in [2.45, 2.75) is 43.9 Å². The van der Waals surface area contributed by atoms with Crippen LogP contribution in [-0.4, -0.2) is 60.1 Å². The van der Waals surface area contributed by atoms with Crippen molar-refractivity contribution in [3.63, 3.8) is 0 Å². The maximum Gasteiger partial charge on any atom is 0.254 e. The van der Waals surface area contributed by atoms with Gasteiger partial charge >= 0.3 is 0 Å². The fraction of sp³-hybridized carbons (Fsp3) is 0.522. The predicted octanol–water partition coefficient (Wildman–Crippen LogP) is 2.77. The first-order chi connectivity index (χ1) is 15.4. The lowest BCUT2D eigenvalue weighted by Gasteiger charge is -2.32. The van der Waals surface area contributed by atoms with Gasteiger partial charge in [-0.3, -0.25) is 14.4 Å². The number of nitrogens with two attached hydrogens (primary N) is 1. The summed E-state index contributed by atoms with van der Waals surface area (Å²) in [6.45, 7) is 4.49. The first-order valence-electron chi connectivity index (χ1n) is 11.1. The maximum absolute atomic E-state index is 13.0. The van der Waals surface area contributed by atoms with Crippen molar-refractivity contribution in [1.82, 2.24) is 10.2 Å². The van der Waals surface area contributed by atoms with Gasteiger partial charge in [0.15, 0.2) is 0 Å². The number of hydrogen-bond acceptors (Lipinski definition) is 5. The molecule has 32 heavy (non-hydrogen) atoms. The summed E-state index contributed by atoms with van der Waals surface area (Å²) in [5.41, 5.74) is 8.05. The van der Waals surface area contributed by atoms with Gasteiger partial charge in [-0.1, -0.05) is 6.08 Å². The van der Waals surface area contributed by atoms with Crippen LogP contribution >= 0.6 is 27.7 Å². The molecule has 3 amide bonds. The highest BCUT2D eigenvalue weighted by molar-refractivity contribution is 9.14. The van der Waals surface area contributed by atoms with Crippen LogP contribution in [0.3, 0.4) is 0 Å². The number of carbonyl (C=O) groups is 3. The summed E-state index contributed by atoms with van der Waals surface area (Å²) in [5.74, 6) is 0.491.